The number of nitrogens with two attached hydrogens (primary N) is 1. The van der Waals surface area contributed by atoms with Gasteiger partial charge in [-0.3, -0.25) is 0 Å². The van der Waals surface area contributed by atoms with Crippen molar-refractivity contribution < 1.29 is 4.42 Å². The maximum absolute atomic E-state index is 6.21. The van der Waals surface area contributed by atoms with Crippen LogP contribution in [0.3, 0.4) is 0 Å². The van der Waals surface area contributed by atoms with Crippen molar-refractivity contribution in [1.82, 2.24) is 9.97 Å². The summed E-state index contributed by atoms with van der Waals surface area (Å²) in [5.41, 5.74) is 10.2. The molecule has 21 heavy (non-hydrogen) atoms. The van der Waals surface area contributed by atoms with Gasteiger partial charge in [0.2, 0.25) is 0 Å². The van der Waals surface area contributed by atoms with Gasteiger partial charge in [-0.1, -0.05) is 24.6 Å². The Balaban J connectivity index is 1.84. The van der Waals surface area contributed by atoms with Crippen molar-refractivity contribution in [3.8, 4) is 11.4 Å². The molecule has 3 aromatic rings. The maximum Gasteiger partial charge on any atom is 0.163 e. The molecule has 4 rings (SSSR count). The number of para-hydroxylation sites is 1. The molecule has 1 aromatic carbocycles. The fourth-order valence-corrected chi connectivity index (χ4v) is 3.03. The lowest BCUT2D eigenvalue weighted by Crippen LogP contribution is -2.12. The molecule has 0 spiro atoms. The Morgan fingerprint density at radius 3 is 3.05 bits per heavy atom. The van der Waals surface area contributed by atoms with E-state index in [0.29, 0.717) is 0 Å². The van der Waals surface area contributed by atoms with Crippen LogP contribution in [-0.4, -0.2) is 9.97 Å². The van der Waals surface area contributed by atoms with E-state index in [-0.39, 0.29) is 6.04 Å². The summed E-state index contributed by atoms with van der Waals surface area (Å²) in [6, 6.07) is 8.03. The first-order valence-corrected chi connectivity index (χ1v) is 7.41. The summed E-state index contributed by atoms with van der Waals surface area (Å²) in [5, 5.41) is 1.05. The molecule has 1 aliphatic rings. The molecule has 0 amide bonds. The summed E-state index contributed by atoms with van der Waals surface area (Å²) >= 11 is 0. The van der Waals surface area contributed by atoms with Crippen molar-refractivity contribution in [3.63, 3.8) is 0 Å². The third kappa shape index (κ3) is 2.12. The minimum atomic E-state index is 0.0673. The van der Waals surface area contributed by atoms with Gasteiger partial charge in [0.25, 0.3) is 0 Å². The topological polar surface area (TPSA) is 64.9 Å². The molecule has 0 saturated heterocycles. The second kappa shape index (κ2) is 4.97. The molecular weight excluding hydrogens is 262 g/mol. The van der Waals surface area contributed by atoms with Gasteiger partial charge < -0.3 is 10.2 Å². The molecule has 2 N–H and O–H groups in total. The average Bonchev–Trinajstić information content (AvgIpc) is 2.86. The Labute approximate surface area is 123 Å². The quantitative estimate of drug-likeness (QED) is 0.691. The molecule has 0 bridgehead atoms. The number of fused-ring (bicyclic) bond motifs is 2. The lowest BCUT2D eigenvalue weighted by molar-refractivity contribution is 0.614. The first-order valence-electron chi connectivity index (χ1n) is 7.41. The molecule has 1 aliphatic carbocycles. The second-order valence-electron chi connectivity index (χ2n) is 5.59. The van der Waals surface area contributed by atoms with Crippen molar-refractivity contribution in [3.05, 3.63) is 48.0 Å². The number of furan rings is 1. The van der Waals surface area contributed by atoms with E-state index >= 15 is 0 Å². The Morgan fingerprint density at radius 1 is 1.19 bits per heavy atom. The zero-order valence-electron chi connectivity index (χ0n) is 11.7. The normalized spacial score (nSPS) is 18.4. The predicted molar refractivity (Wildman–Crippen MR) is 81.7 cm³/mol. The van der Waals surface area contributed by atoms with Crippen molar-refractivity contribution in [1.29, 1.82) is 0 Å². The molecule has 1 unspecified atom stereocenters. The minimum absolute atomic E-state index is 0.0673. The molecule has 2 heterocycles. The number of benzene rings is 1. The highest BCUT2D eigenvalue weighted by molar-refractivity contribution is 5.91. The lowest BCUT2D eigenvalue weighted by Gasteiger charge is -2.11. The van der Waals surface area contributed by atoms with Crippen LogP contribution in [0.1, 0.15) is 36.6 Å². The molecule has 4 nitrogen and oxygen atoms in total. The summed E-state index contributed by atoms with van der Waals surface area (Å²) in [6.07, 6.45) is 7.93. The Hall–Kier alpha value is -2.20. The van der Waals surface area contributed by atoms with Gasteiger partial charge in [-0.25, -0.2) is 9.97 Å². The SMILES string of the molecule is NC1CCCCc2nc(-c3coc4ccccc34)ncc21. The number of nitrogens with zero attached hydrogens (tertiary/aromatic N) is 2. The summed E-state index contributed by atoms with van der Waals surface area (Å²) in [7, 11) is 0. The van der Waals surface area contributed by atoms with Crippen molar-refractivity contribution in [2.45, 2.75) is 31.7 Å². The van der Waals surface area contributed by atoms with Gasteiger partial charge in [-0.05, 0) is 25.3 Å². The second-order valence-corrected chi connectivity index (χ2v) is 5.59. The molecule has 0 saturated carbocycles. The Morgan fingerprint density at radius 2 is 2.10 bits per heavy atom. The lowest BCUT2D eigenvalue weighted by atomic mass is 10.1. The number of aryl methyl sites for hydroxylation is 1. The monoisotopic (exact) mass is 279 g/mol. The van der Waals surface area contributed by atoms with Gasteiger partial charge >= 0.3 is 0 Å². The maximum atomic E-state index is 6.21. The van der Waals surface area contributed by atoms with Gasteiger partial charge in [-0.2, -0.15) is 0 Å². The van der Waals surface area contributed by atoms with Crippen molar-refractivity contribution in [2.24, 2.45) is 5.73 Å². The summed E-state index contributed by atoms with van der Waals surface area (Å²) in [6.45, 7) is 0. The Kier molecular flexibility index (Phi) is 2.97. The number of hydrogen-bond acceptors (Lipinski definition) is 4. The van der Waals surface area contributed by atoms with Gasteiger partial charge in [0.05, 0.1) is 5.56 Å². The van der Waals surface area contributed by atoms with Crippen LogP contribution >= 0.6 is 0 Å². The van der Waals surface area contributed by atoms with Crippen LogP contribution in [0.4, 0.5) is 0 Å². The molecule has 0 aliphatic heterocycles. The third-order valence-electron chi connectivity index (χ3n) is 4.20. The van der Waals surface area contributed by atoms with Crippen LogP contribution < -0.4 is 5.73 Å². The highest BCUT2D eigenvalue weighted by Crippen LogP contribution is 2.31. The zero-order chi connectivity index (χ0) is 14.2. The van der Waals surface area contributed by atoms with E-state index in [1.54, 1.807) is 6.26 Å². The molecule has 1 atom stereocenters. The summed E-state index contributed by atoms with van der Waals surface area (Å²) < 4.78 is 5.59. The first-order chi connectivity index (χ1) is 10.3. The van der Waals surface area contributed by atoms with Crippen LogP contribution in [0.25, 0.3) is 22.4 Å². The van der Waals surface area contributed by atoms with E-state index in [1.165, 1.54) is 0 Å². The largest absolute Gasteiger partial charge is 0.464 e. The average molecular weight is 279 g/mol. The number of rotatable bonds is 1. The number of hydrogen-bond donors (Lipinski definition) is 1. The zero-order valence-corrected chi connectivity index (χ0v) is 11.7. The minimum Gasteiger partial charge on any atom is -0.464 e. The van der Waals surface area contributed by atoms with Crippen LogP contribution in [0.15, 0.2) is 41.1 Å². The van der Waals surface area contributed by atoms with E-state index in [4.69, 9.17) is 15.1 Å². The van der Waals surface area contributed by atoms with E-state index in [1.807, 2.05) is 30.5 Å². The van der Waals surface area contributed by atoms with Crippen molar-refractivity contribution >= 4 is 11.0 Å². The number of aromatic nitrogens is 2. The van der Waals surface area contributed by atoms with Crippen LogP contribution in [0.5, 0.6) is 0 Å². The highest BCUT2D eigenvalue weighted by Gasteiger charge is 2.19. The van der Waals surface area contributed by atoms with E-state index in [9.17, 15) is 0 Å². The summed E-state index contributed by atoms with van der Waals surface area (Å²) in [4.78, 5) is 9.29. The van der Waals surface area contributed by atoms with Gasteiger partial charge in [0.1, 0.15) is 11.8 Å². The smallest absolute Gasteiger partial charge is 0.163 e. The van der Waals surface area contributed by atoms with Gasteiger partial charge in [0, 0.05) is 28.9 Å². The Bertz CT molecular complexity index is 794. The summed E-state index contributed by atoms with van der Waals surface area (Å²) in [5.74, 6) is 0.729. The first kappa shape index (κ1) is 12.5. The van der Waals surface area contributed by atoms with Crippen LogP contribution in [0.2, 0.25) is 0 Å². The molecule has 0 fully saturated rings. The van der Waals surface area contributed by atoms with Gasteiger partial charge in [0.15, 0.2) is 5.82 Å². The predicted octanol–water partition coefficient (Wildman–Crippen LogP) is 3.62. The van der Waals surface area contributed by atoms with Gasteiger partial charge in [-0.15, -0.1) is 0 Å². The molecule has 2 aromatic heterocycles. The molecule has 0 radical (unpaired) electrons. The fraction of sp³-hybridized carbons (Fsp3) is 0.294. The molecule has 4 heteroatoms. The van der Waals surface area contributed by atoms with E-state index in [0.717, 1.165) is 59.3 Å². The highest BCUT2D eigenvalue weighted by atomic mass is 16.3. The fourth-order valence-electron chi connectivity index (χ4n) is 3.03. The third-order valence-corrected chi connectivity index (χ3v) is 4.20. The van der Waals surface area contributed by atoms with Crippen LogP contribution in [0, 0.1) is 0 Å². The van der Waals surface area contributed by atoms with E-state index < -0.39 is 0 Å². The molecular formula is C17H17N3O. The standard InChI is InChI=1S/C17H17N3O/c18-14-6-2-3-7-15-12(14)9-19-17(20-15)13-10-21-16-8-4-1-5-11(13)16/h1,4-5,8-10,14H,2-3,6-7,18H2. The molecule has 106 valence electrons. The van der Waals surface area contributed by atoms with Crippen LogP contribution in [-0.2, 0) is 6.42 Å². The van der Waals surface area contributed by atoms with Crippen molar-refractivity contribution in [2.75, 3.05) is 0 Å². The van der Waals surface area contributed by atoms with E-state index in [2.05, 4.69) is 4.98 Å².